The van der Waals surface area contributed by atoms with E-state index >= 15 is 0 Å². The van der Waals surface area contributed by atoms with Gasteiger partial charge in [-0.25, -0.2) is 13.6 Å². The number of ether oxygens (including phenoxy) is 1. The molecule has 26 heavy (non-hydrogen) atoms. The second-order valence-electron chi connectivity index (χ2n) is 7.66. The van der Waals surface area contributed by atoms with Gasteiger partial charge in [-0.05, 0) is 39.3 Å². The lowest BCUT2D eigenvalue weighted by molar-refractivity contribution is -0.0925. The molecule has 0 bridgehead atoms. The lowest BCUT2D eigenvalue weighted by atomic mass is 9.81. The molecule has 0 saturated heterocycles. The number of amides is 1. The summed E-state index contributed by atoms with van der Waals surface area (Å²) >= 11 is 0. The van der Waals surface area contributed by atoms with E-state index in [4.69, 9.17) is 9.26 Å². The zero-order valence-electron chi connectivity index (χ0n) is 15.1. The molecule has 1 saturated carbocycles. The molecular formula is C18H21F2N3O3. The van der Waals surface area contributed by atoms with Gasteiger partial charge in [0, 0.05) is 29.9 Å². The molecule has 0 aliphatic heterocycles. The number of carbonyl (C=O) groups excluding carboxylic acids is 1. The van der Waals surface area contributed by atoms with Gasteiger partial charge >= 0.3 is 6.09 Å². The predicted molar refractivity (Wildman–Crippen MR) is 90.3 cm³/mol. The lowest BCUT2D eigenvalue weighted by Gasteiger charge is -2.31. The van der Waals surface area contributed by atoms with E-state index in [1.807, 2.05) is 27.7 Å². The van der Waals surface area contributed by atoms with Crippen molar-refractivity contribution in [1.29, 1.82) is 0 Å². The van der Waals surface area contributed by atoms with Crippen LogP contribution in [0.2, 0.25) is 0 Å². The van der Waals surface area contributed by atoms with Crippen LogP contribution in [0, 0.1) is 6.92 Å². The van der Waals surface area contributed by atoms with Crippen LogP contribution in [0.1, 0.15) is 51.0 Å². The summed E-state index contributed by atoms with van der Waals surface area (Å²) in [4.78, 5) is 16.2. The molecule has 1 aliphatic rings. The van der Waals surface area contributed by atoms with Gasteiger partial charge in [0.2, 0.25) is 17.6 Å². The summed E-state index contributed by atoms with van der Waals surface area (Å²) in [6.07, 6.45) is -1.11. The van der Waals surface area contributed by atoms with Gasteiger partial charge in [-0.2, -0.15) is 4.98 Å². The van der Waals surface area contributed by atoms with Crippen LogP contribution >= 0.6 is 0 Å². The minimum atomic E-state index is -2.65. The molecule has 1 fully saturated rings. The molecule has 8 heteroatoms. The molecule has 0 atom stereocenters. The number of aryl methyl sites for hydroxylation is 1. The molecular weight excluding hydrogens is 344 g/mol. The zero-order valence-corrected chi connectivity index (χ0v) is 15.1. The third-order valence-corrected chi connectivity index (χ3v) is 4.01. The van der Waals surface area contributed by atoms with E-state index in [2.05, 4.69) is 15.5 Å². The van der Waals surface area contributed by atoms with Gasteiger partial charge in [0.15, 0.2) is 0 Å². The fraction of sp³-hybridized carbons (Fsp3) is 0.500. The monoisotopic (exact) mass is 365 g/mol. The minimum Gasteiger partial charge on any atom is -0.410 e. The fourth-order valence-corrected chi connectivity index (χ4v) is 2.63. The Bertz CT molecular complexity index is 819. The Balaban J connectivity index is 1.75. The van der Waals surface area contributed by atoms with Gasteiger partial charge in [-0.15, -0.1) is 0 Å². The van der Waals surface area contributed by atoms with Gasteiger partial charge < -0.3 is 14.6 Å². The van der Waals surface area contributed by atoms with Crippen molar-refractivity contribution in [3.05, 3.63) is 29.7 Å². The maximum Gasteiger partial charge on any atom is 0.413 e. The number of alkyl halides is 2. The molecule has 2 aromatic rings. The number of nitrogens with one attached hydrogen (secondary N) is 1. The Morgan fingerprint density at radius 1 is 1.35 bits per heavy atom. The Morgan fingerprint density at radius 3 is 2.65 bits per heavy atom. The smallest absolute Gasteiger partial charge is 0.410 e. The first-order chi connectivity index (χ1) is 12.0. The van der Waals surface area contributed by atoms with E-state index in [9.17, 15) is 13.6 Å². The molecule has 1 N–H and O–H groups in total. The average Bonchev–Trinajstić information content (AvgIpc) is 2.94. The van der Waals surface area contributed by atoms with Crippen LogP contribution in [-0.4, -0.2) is 27.7 Å². The largest absolute Gasteiger partial charge is 0.413 e. The van der Waals surface area contributed by atoms with Crippen molar-refractivity contribution in [1.82, 2.24) is 15.5 Å². The summed E-state index contributed by atoms with van der Waals surface area (Å²) in [7, 11) is 0. The van der Waals surface area contributed by atoms with Crippen molar-refractivity contribution < 1.29 is 22.8 Å². The SMILES string of the molecule is Cc1ccc(-c2noc(C3CC(F)(F)C3)n2)cc1OC(=O)NC(C)(C)C. The van der Waals surface area contributed by atoms with Gasteiger partial charge in [-0.3, -0.25) is 0 Å². The van der Waals surface area contributed by atoms with E-state index in [1.165, 1.54) is 0 Å². The van der Waals surface area contributed by atoms with Crippen LogP contribution in [-0.2, 0) is 0 Å². The third-order valence-electron chi connectivity index (χ3n) is 4.01. The molecule has 1 aliphatic carbocycles. The fourth-order valence-electron chi connectivity index (χ4n) is 2.63. The van der Waals surface area contributed by atoms with E-state index in [-0.39, 0.29) is 24.6 Å². The van der Waals surface area contributed by atoms with Crippen molar-refractivity contribution in [3.63, 3.8) is 0 Å². The van der Waals surface area contributed by atoms with Gasteiger partial charge in [0.05, 0.1) is 0 Å². The zero-order chi connectivity index (χ0) is 19.1. The van der Waals surface area contributed by atoms with Crippen LogP contribution in [0.3, 0.4) is 0 Å². The Hall–Kier alpha value is -2.51. The quantitative estimate of drug-likeness (QED) is 0.870. The lowest BCUT2D eigenvalue weighted by Crippen LogP contribution is -2.42. The topological polar surface area (TPSA) is 77.2 Å². The number of hydrogen-bond donors (Lipinski definition) is 1. The van der Waals surface area contributed by atoms with E-state index in [0.29, 0.717) is 11.3 Å². The molecule has 3 rings (SSSR count). The number of carbonyl (C=O) groups is 1. The summed E-state index contributed by atoms with van der Waals surface area (Å²) in [5.41, 5.74) is 0.922. The number of halogens is 2. The number of aromatic nitrogens is 2. The highest BCUT2D eigenvalue weighted by Gasteiger charge is 2.48. The first kappa shape index (κ1) is 18.3. The molecule has 1 aromatic carbocycles. The molecule has 0 spiro atoms. The van der Waals surface area contributed by atoms with Crippen molar-refractivity contribution in [3.8, 4) is 17.1 Å². The second kappa shape index (κ2) is 6.34. The third kappa shape index (κ3) is 4.17. The number of benzene rings is 1. The maximum absolute atomic E-state index is 13.0. The Labute approximate surface area is 149 Å². The summed E-state index contributed by atoms with van der Waals surface area (Å²) in [6, 6.07) is 5.15. The van der Waals surface area contributed by atoms with Crippen molar-refractivity contribution in [2.45, 2.75) is 57.9 Å². The first-order valence-electron chi connectivity index (χ1n) is 8.35. The number of nitrogens with zero attached hydrogens (tertiary/aromatic N) is 2. The summed E-state index contributed by atoms with van der Waals surface area (Å²) < 4.78 is 36.5. The Kier molecular flexibility index (Phi) is 4.46. The van der Waals surface area contributed by atoms with E-state index in [1.54, 1.807) is 18.2 Å². The molecule has 140 valence electrons. The normalized spacial score (nSPS) is 16.8. The highest BCUT2D eigenvalue weighted by molar-refractivity contribution is 5.72. The summed E-state index contributed by atoms with van der Waals surface area (Å²) in [5, 5.41) is 6.57. The molecule has 1 amide bonds. The van der Waals surface area contributed by atoms with Crippen molar-refractivity contribution in [2.24, 2.45) is 0 Å². The van der Waals surface area contributed by atoms with E-state index in [0.717, 1.165) is 5.56 Å². The summed E-state index contributed by atoms with van der Waals surface area (Å²) in [5.74, 6) is -2.21. The Morgan fingerprint density at radius 2 is 2.04 bits per heavy atom. The molecule has 6 nitrogen and oxygen atoms in total. The second-order valence-corrected chi connectivity index (χ2v) is 7.66. The van der Waals surface area contributed by atoms with Gasteiger partial charge in [-0.1, -0.05) is 17.3 Å². The average molecular weight is 365 g/mol. The van der Waals surface area contributed by atoms with Crippen LogP contribution in [0.25, 0.3) is 11.4 Å². The van der Waals surface area contributed by atoms with Gasteiger partial charge in [0.1, 0.15) is 5.75 Å². The van der Waals surface area contributed by atoms with Gasteiger partial charge in [0.25, 0.3) is 0 Å². The first-order valence-corrected chi connectivity index (χ1v) is 8.35. The number of hydrogen-bond acceptors (Lipinski definition) is 5. The highest BCUT2D eigenvalue weighted by Crippen LogP contribution is 2.47. The van der Waals surface area contributed by atoms with Crippen LogP contribution in [0.4, 0.5) is 13.6 Å². The van der Waals surface area contributed by atoms with Crippen molar-refractivity contribution >= 4 is 6.09 Å². The molecule has 0 unspecified atom stereocenters. The molecule has 1 heterocycles. The maximum atomic E-state index is 13.0. The van der Waals surface area contributed by atoms with Crippen LogP contribution in [0.15, 0.2) is 22.7 Å². The highest BCUT2D eigenvalue weighted by atomic mass is 19.3. The number of rotatable bonds is 3. The van der Waals surface area contributed by atoms with E-state index < -0.39 is 23.5 Å². The predicted octanol–water partition coefficient (Wildman–Crippen LogP) is 4.44. The summed E-state index contributed by atoms with van der Waals surface area (Å²) in [6.45, 7) is 7.36. The van der Waals surface area contributed by atoms with Crippen LogP contribution < -0.4 is 10.1 Å². The van der Waals surface area contributed by atoms with Crippen molar-refractivity contribution in [2.75, 3.05) is 0 Å². The molecule has 1 aromatic heterocycles. The van der Waals surface area contributed by atoms with Crippen LogP contribution in [0.5, 0.6) is 5.75 Å². The minimum absolute atomic E-state index is 0.208. The molecule has 0 radical (unpaired) electrons. The standard InChI is InChI=1S/C18H21F2N3O3/c1-10-5-6-11(7-13(10)25-16(24)22-17(2,3)4)14-21-15(26-23-14)12-8-18(19,20)9-12/h5-7,12H,8-9H2,1-4H3,(H,22,24).